The van der Waals surface area contributed by atoms with Crippen molar-refractivity contribution in [3.63, 3.8) is 0 Å². The van der Waals surface area contributed by atoms with Crippen LogP contribution in [0, 0.1) is 5.92 Å². The molecule has 0 aliphatic rings. The minimum absolute atomic E-state index is 0.0871. The summed E-state index contributed by atoms with van der Waals surface area (Å²) in [6.45, 7) is 7.25. The number of carbonyl (C=O) groups is 1. The normalized spacial score (nSPS) is 12.9. The van der Waals surface area contributed by atoms with E-state index in [1.165, 1.54) is 0 Å². The molecule has 1 atom stereocenters. The van der Waals surface area contributed by atoms with Crippen LogP contribution >= 0.6 is 0 Å². The van der Waals surface area contributed by atoms with Crippen LogP contribution in [0.1, 0.15) is 46.5 Å². The van der Waals surface area contributed by atoms with Crippen molar-refractivity contribution in [2.75, 3.05) is 13.6 Å². The SMILES string of the molecule is CCCC[C@H](N)C(=O)N(C)CCC(C)C. The molecule has 0 aromatic carbocycles. The van der Waals surface area contributed by atoms with Gasteiger partial charge in [-0.25, -0.2) is 0 Å². The number of rotatable bonds is 7. The molecular weight excluding hydrogens is 188 g/mol. The van der Waals surface area contributed by atoms with E-state index in [0.29, 0.717) is 5.92 Å². The van der Waals surface area contributed by atoms with Crippen LogP contribution < -0.4 is 5.73 Å². The van der Waals surface area contributed by atoms with E-state index >= 15 is 0 Å². The Kier molecular flexibility index (Phi) is 7.39. The first kappa shape index (κ1) is 14.4. The largest absolute Gasteiger partial charge is 0.344 e. The Labute approximate surface area is 94.0 Å². The topological polar surface area (TPSA) is 46.3 Å². The van der Waals surface area contributed by atoms with Crippen LogP contribution in [0.15, 0.2) is 0 Å². The first-order chi connectivity index (χ1) is 6.99. The molecule has 0 aliphatic heterocycles. The lowest BCUT2D eigenvalue weighted by molar-refractivity contribution is -0.131. The van der Waals surface area contributed by atoms with E-state index in [0.717, 1.165) is 32.2 Å². The molecule has 0 fully saturated rings. The molecule has 1 amide bonds. The smallest absolute Gasteiger partial charge is 0.239 e. The van der Waals surface area contributed by atoms with Crippen molar-refractivity contribution >= 4 is 5.91 Å². The number of hydrogen-bond donors (Lipinski definition) is 1. The van der Waals surface area contributed by atoms with Crippen molar-refractivity contribution in [3.8, 4) is 0 Å². The van der Waals surface area contributed by atoms with E-state index in [4.69, 9.17) is 5.73 Å². The molecule has 90 valence electrons. The van der Waals surface area contributed by atoms with Crippen molar-refractivity contribution in [1.82, 2.24) is 4.90 Å². The second-order valence-electron chi connectivity index (χ2n) is 4.69. The summed E-state index contributed by atoms with van der Waals surface area (Å²) in [4.78, 5) is 13.5. The van der Waals surface area contributed by atoms with Crippen molar-refractivity contribution in [1.29, 1.82) is 0 Å². The number of unbranched alkanes of at least 4 members (excludes halogenated alkanes) is 1. The first-order valence-electron chi connectivity index (χ1n) is 5.99. The Balaban J connectivity index is 3.85. The third-order valence-electron chi connectivity index (χ3n) is 2.60. The Bertz CT molecular complexity index is 180. The number of likely N-dealkylation sites (N-methyl/N-ethyl adjacent to an activating group) is 1. The minimum atomic E-state index is -0.304. The van der Waals surface area contributed by atoms with Gasteiger partial charge in [0.15, 0.2) is 0 Å². The summed E-state index contributed by atoms with van der Waals surface area (Å²) < 4.78 is 0. The molecule has 0 aliphatic carbocycles. The monoisotopic (exact) mass is 214 g/mol. The van der Waals surface area contributed by atoms with Gasteiger partial charge in [-0.3, -0.25) is 4.79 Å². The van der Waals surface area contributed by atoms with E-state index < -0.39 is 0 Å². The number of nitrogens with two attached hydrogens (primary N) is 1. The maximum absolute atomic E-state index is 11.8. The molecule has 0 saturated carbocycles. The average molecular weight is 214 g/mol. The molecule has 0 bridgehead atoms. The van der Waals surface area contributed by atoms with Gasteiger partial charge in [0.2, 0.25) is 5.91 Å². The molecule has 3 heteroatoms. The molecule has 2 N–H and O–H groups in total. The maximum Gasteiger partial charge on any atom is 0.239 e. The Morgan fingerprint density at radius 1 is 1.33 bits per heavy atom. The van der Waals surface area contributed by atoms with Crippen molar-refractivity contribution in [2.45, 2.75) is 52.5 Å². The summed E-state index contributed by atoms with van der Waals surface area (Å²) in [5, 5.41) is 0. The Hall–Kier alpha value is -0.570. The van der Waals surface area contributed by atoms with E-state index in [9.17, 15) is 4.79 Å². The molecule has 0 aromatic heterocycles. The highest BCUT2D eigenvalue weighted by Crippen LogP contribution is 2.04. The van der Waals surface area contributed by atoms with Crippen molar-refractivity contribution in [3.05, 3.63) is 0 Å². The van der Waals surface area contributed by atoms with Crippen LogP contribution in [-0.2, 0) is 4.79 Å². The summed E-state index contributed by atoms with van der Waals surface area (Å²) in [6, 6.07) is -0.304. The Morgan fingerprint density at radius 2 is 1.93 bits per heavy atom. The van der Waals surface area contributed by atoms with Gasteiger partial charge in [-0.2, -0.15) is 0 Å². The van der Waals surface area contributed by atoms with Gasteiger partial charge >= 0.3 is 0 Å². The molecule has 0 aromatic rings. The van der Waals surface area contributed by atoms with Gasteiger partial charge in [0, 0.05) is 13.6 Å². The molecule has 3 nitrogen and oxygen atoms in total. The lowest BCUT2D eigenvalue weighted by atomic mass is 10.1. The summed E-state index contributed by atoms with van der Waals surface area (Å²) in [5.74, 6) is 0.719. The van der Waals surface area contributed by atoms with Gasteiger partial charge in [0.1, 0.15) is 0 Å². The molecule has 0 unspecified atom stereocenters. The molecule has 15 heavy (non-hydrogen) atoms. The summed E-state index contributed by atoms with van der Waals surface area (Å²) in [6.07, 6.45) is 3.98. The van der Waals surface area contributed by atoms with Gasteiger partial charge in [-0.15, -0.1) is 0 Å². The fraction of sp³-hybridized carbons (Fsp3) is 0.917. The molecule has 0 spiro atoms. The second kappa shape index (κ2) is 7.69. The zero-order valence-corrected chi connectivity index (χ0v) is 10.6. The number of amides is 1. The van der Waals surface area contributed by atoms with Gasteiger partial charge in [0.25, 0.3) is 0 Å². The second-order valence-corrected chi connectivity index (χ2v) is 4.69. The quantitative estimate of drug-likeness (QED) is 0.704. The standard InChI is InChI=1S/C12H26N2O/c1-5-6-7-11(13)12(15)14(4)9-8-10(2)3/h10-11H,5-9,13H2,1-4H3/t11-/m0/s1. The minimum Gasteiger partial charge on any atom is -0.344 e. The van der Waals surface area contributed by atoms with Crippen LogP contribution in [0.4, 0.5) is 0 Å². The summed E-state index contributed by atoms with van der Waals surface area (Å²) in [7, 11) is 1.84. The lowest BCUT2D eigenvalue weighted by Gasteiger charge is -2.22. The molecule has 0 heterocycles. The number of hydrogen-bond acceptors (Lipinski definition) is 2. The molecule has 0 radical (unpaired) electrons. The first-order valence-corrected chi connectivity index (χ1v) is 5.99. The fourth-order valence-electron chi connectivity index (χ4n) is 1.39. The summed E-state index contributed by atoms with van der Waals surface area (Å²) in [5.41, 5.74) is 5.82. The van der Waals surface area contributed by atoms with E-state index in [2.05, 4.69) is 20.8 Å². The predicted octanol–water partition coefficient (Wildman–Crippen LogP) is 2.01. The van der Waals surface area contributed by atoms with E-state index in [1.54, 1.807) is 4.90 Å². The van der Waals surface area contributed by atoms with Crippen LogP contribution in [-0.4, -0.2) is 30.4 Å². The van der Waals surface area contributed by atoms with E-state index in [1.807, 2.05) is 7.05 Å². The molecular formula is C12H26N2O. The average Bonchev–Trinajstić information content (AvgIpc) is 2.21. The zero-order chi connectivity index (χ0) is 11.8. The highest BCUT2D eigenvalue weighted by atomic mass is 16.2. The van der Waals surface area contributed by atoms with Gasteiger partial charge in [-0.05, 0) is 18.8 Å². The predicted molar refractivity (Wildman–Crippen MR) is 64.6 cm³/mol. The van der Waals surface area contributed by atoms with Crippen LogP contribution in [0.25, 0.3) is 0 Å². The van der Waals surface area contributed by atoms with E-state index in [-0.39, 0.29) is 11.9 Å². The fourth-order valence-corrected chi connectivity index (χ4v) is 1.39. The number of carbonyl (C=O) groups excluding carboxylic acids is 1. The highest BCUT2D eigenvalue weighted by Gasteiger charge is 2.16. The van der Waals surface area contributed by atoms with Gasteiger partial charge in [0.05, 0.1) is 6.04 Å². The Morgan fingerprint density at radius 3 is 2.40 bits per heavy atom. The zero-order valence-electron chi connectivity index (χ0n) is 10.6. The number of nitrogens with zero attached hydrogens (tertiary/aromatic N) is 1. The molecule has 0 rings (SSSR count). The molecule has 0 saturated heterocycles. The summed E-state index contributed by atoms with van der Waals surface area (Å²) >= 11 is 0. The van der Waals surface area contributed by atoms with Crippen molar-refractivity contribution < 1.29 is 4.79 Å². The highest BCUT2D eigenvalue weighted by molar-refractivity contribution is 5.81. The third kappa shape index (κ3) is 6.50. The third-order valence-corrected chi connectivity index (χ3v) is 2.60. The van der Waals surface area contributed by atoms with Gasteiger partial charge in [-0.1, -0.05) is 33.6 Å². The van der Waals surface area contributed by atoms with Crippen LogP contribution in [0.5, 0.6) is 0 Å². The van der Waals surface area contributed by atoms with Gasteiger partial charge < -0.3 is 10.6 Å². The van der Waals surface area contributed by atoms with Crippen LogP contribution in [0.3, 0.4) is 0 Å². The lowest BCUT2D eigenvalue weighted by Crippen LogP contribution is -2.42. The van der Waals surface area contributed by atoms with Crippen LogP contribution in [0.2, 0.25) is 0 Å². The van der Waals surface area contributed by atoms with Crippen molar-refractivity contribution in [2.24, 2.45) is 11.7 Å². The maximum atomic E-state index is 11.8.